The highest BCUT2D eigenvalue weighted by molar-refractivity contribution is 7.89. The summed E-state index contributed by atoms with van der Waals surface area (Å²) in [6, 6.07) is 7.79. The second kappa shape index (κ2) is 7.04. The van der Waals surface area contributed by atoms with Crippen LogP contribution in [0.4, 0.5) is 0 Å². The van der Waals surface area contributed by atoms with E-state index in [0.29, 0.717) is 23.7 Å². The molecule has 3 rings (SSSR count). The molecule has 0 radical (unpaired) electrons. The van der Waals surface area contributed by atoms with Crippen LogP contribution in [-0.2, 0) is 10.0 Å². The third kappa shape index (κ3) is 3.49. The van der Waals surface area contributed by atoms with E-state index >= 15 is 0 Å². The average molecular weight is 375 g/mol. The number of thiazole rings is 1. The average Bonchev–Trinajstić information content (AvgIpc) is 3.28. The monoisotopic (exact) mass is 375 g/mol. The second-order valence-corrected chi connectivity index (χ2v) is 8.72. The molecule has 8 heteroatoms. The zero-order valence-corrected chi connectivity index (χ0v) is 15.3. The summed E-state index contributed by atoms with van der Waals surface area (Å²) in [6.45, 7) is 2.86. The van der Waals surface area contributed by atoms with E-state index in [2.05, 4.69) is 4.98 Å². The molecule has 2 heterocycles. The molecule has 0 unspecified atom stereocenters. The first-order chi connectivity index (χ1) is 11.9. The Morgan fingerprint density at radius 2 is 1.92 bits per heavy atom. The van der Waals surface area contributed by atoms with Crippen molar-refractivity contribution in [3.8, 4) is 6.07 Å². The molecule has 130 valence electrons. The van der Waals surface area contributed by atoms with E-state index in [-0.39, 0.29) is 10.7 Å². The predicted octanol–water partition coefficient (Wildman–Crippen LogP) is 2.73. The van der Waals surface area contributed by atoms with Crippen molar-refractivity contribution in [1.82, 2.24) is 9.29 Å². The molecule has 0 bridgehead atoms. The number of sulfonamides is 1. The highest BCUT2D eigenvalue weighted by Crippen LogP contribution is 2.25. The molecule has 25 heavy (non-hydrogen) atoms. The Labute approximate surface area is 150 Å². The van der Waals surface area contributed by atoms with Gasteiger partial charge in [0.1, 0.15) is 5.01 Å². The number of nitriles is 1. The van der Waals surface area contributed by atoms with Gasteiger partial charge in [0.05, 0.1) is 11.0 Å². The van der Waals surface area contributed by atoms with Crippen molar-refractivity contribution in [3.05, 3.63) is 45.9 Å². The van der Waals surface area contributed by atoms with E-state index in [1.54, 1.807) is 12.3 Å². The number of nitrogens with zero attached hydrogens (tertiary/aromatic N) is 3. The zero-order chi connectivity index (χ0) is 18.0. The maximum Gasteiger partial charge on any atom is 0.243 e. The Morgan fingerprint density at radius 3 is 2.44 bits per heavy atom. The molecule has 0 N–H and O–H groups in total. The largest absolute Gasteiger partial charge is 0.292 e. The minimum atomic E-state index is -3.51. The SMILES string of the molecule is Cc1csc([C@@H](C#N)C(=O)c2ccc(S(=O)(=O)N3CCCC3)cc2)n1. The lowest BCUT2D eigenvalue weighted by Gasteiger charge is -2.15. The number of Topliss-reactive ketones (excluding diaryl/α,β-unsaturated/α-hetero) is 1. The fraction of sp³-hybridized carbons (Fsp3) is 0.353. The van der Waals surface area contributed by atoms with Gasteiger partial charge in [-0.2, -0.15) is 9.57 Å². The molecular weight excluding hydrogens is 358 g/mol. The summed E-state index contributed by atoms with van der Waals surface area (Å²) in [5.41, 5.74) is 1.07. The van der Waals surface area contributed by atoms with Gasteiger partial charge in [0, 0.05) is 29.7 Å². The van der Waals surface area contributed by atoms with Crippen molar-refractivity contribution in [3.63, 3.8) is 0 Å². The van der Waals surface area contributed by atoms with E-state index in [0.717, 1.165) is 18.5 Å². The van der Waals surface area contributed by atoms with Crippen molar-refractivity contribution >= 4 is 27.1 Å². The first-order valence-corrected chi connectivity index (χ1v) is 10.2. The number of carbonyl (C=O) groups is 1. The normalized spacial score (nSPS) is 16.5. The van der Waals surface area contributed by atoms with E-state index in [4.69, 9.17) is 0 Å². The quantitative estimate of drug-likeness (QED) is 0.750. The van der Waals surface area contributed by atoms with Crippen LogP contribution in [0.15, 0.2) is 34.5 Å². The van der Waals surface area contributed by atoms with Crippen LogP contribution in [0.25, 0.3) is 0 Å². The smallest absolute Gasteiger partial charge is 0.243 e. The van der Waals surface area contributed by atoms with Crippen LogP contribution in [0.3, 0.4) is 0 Å². The summed E-state index contributed by atoms with van der Waals surface area (Å²) in [5.74, 6) is -1.35. The van der Waals surface area contributed by atoms with Gasteiger partial charge in [-0.25, -0.2) is 13.4 Å². The molecule has 1 aliphatic rings. The Bertz CT molecular complexity index is 921. The molecule has 1 aromatic heterocycles. The lowest BCUT2D eigenvalue weighted by molar-refractivity contribution is 0.0978. The fourth-order valence-corrected chi connectivity index (χ4v) is 5.12. The van der Waals surface area contributed by atoms with Crippen LogP contribution in [0.2, 0.25) is 0 Å². The molecule has 1 aliphatic heterocycles. The first kappa shape index (κ1) is 17.7. The zero-order valence-electron chi connectivity index (χ0n) is 13.7. The van der Waals surface area contributed by atoms with E-state index in [1.807, 2.05) is 6.07 Å². The molecule has 1 fully saturated rings. The van der Waals surface area contributed by atoms with Crippen molar-refractivity contribution < 1.29 is 13.2 Å². The predicted molar refractivity (Wildman–Crippen MR) is 94.0 cm³/mol. The van der Waals surface area contributed by atoms with Gasteiger partial charge in [0.15, 0.2) is 11.7 Å². The number of aromatic nitrogens is 1. The Kier molecular flexibility index (Phi) is 4.99. The fourth-order valence-electron chi connectivity index (χ4n) is 2.77. The molecule has 0 saturated carbocycles. The van der Waals surface area contributed by atoms with Crippen LogP contribution in [0, 0.1) is 18.3 Å². The summed E-state index contributed by atoms with van der Waals surface area (Å²) in [7, 11) is -3.51. The van der Waals surface area contributed by atoms with Gasteiger partial charge < -0.3 is 0 Å². The van der Waals surface area contributed by atoms with Gasteiger partial charge in [-0.1, -0.05) is 12.1 Å². The van der Waals surface area contributed by atoms with Crippen molar-refractivity contribution in [2.45, 2.75) is 30.6 Å². The number of carbonyl (C=O) groups excluding carboxylic acids is 1. The second-order valence-electron chi connectivity index (χ2n) is 5.89. The highest BCUT2D eigenvalue weighted by atomic mass is 32.2. The number of hydrogen-bond donors (Lipinski definition) is 0. The van der Waals surface area contributed by atoms with Crippen LogP contribution in [0.1, 0.15) is 39.8 Å². The van der Waals surface area contributed by atoms with Crippen LogP contribution < -0.4 is 0 Å². The number of ketones is 1. The molecular formula is C17H17N3O3S2. The van der Waals surface area contributed by atoms with Gasteiger partial charge in [-0.15, -0.1) is 11.3 Å². The van der Waals surface area contributed by atoms with Crippen LogP contribution >= 0.6 is 11.3 Å². The highest BCUT2D eigenvalue weighted by Gasteiger charge is 2.28. The van der Waals surface area contributed by atoms with Gasteiger partial charge >= 0.3 is 0 Å². The molecule has 0 amide bonds. The Hall–Kier alpha value is -2.08. The molecule has 1 aromatic carbocycles. The summed E-state index contributed by atoms with van der Waals surface area (Å²) >= 11 is 1.27. The summed E-state index contributed by atoms with van der Waals surface area (Å²) in [4.78, 5) is 17.0. The van der Waals surface area contributed by atoms with Crippen molar-refractivity contribution in [1.29, 1.82) is 5.26 Å². The lowest BCUT2D eigenvalue weighted by Crippen LogP contribution is -2.27. The van der Waals surface area contributed by atoms with Gasteiger partial charge in [0.2, 0.25) is 10.0 Å². The van der Waals surface area contributed by atoms with Crippen LogP contribution in [-0.4, -0.2) is 36.6 Å². The molecule has 2 aromatic rings. The summed E-state index contributed by atoms with van der Waals surface area (Å²) in [5, 5.41) is 11.6. The lowest BCUT2D eigenvalue weighted by atomic mass is 9.99. The third-order valence-electron chi connectivity index (χ3n) is 4.12. The minimum absolute atomic E-state index is 0.171. The topological polar surface area (TPSA) is 91.1 Å². The van der Waals surface area contributed by atoms with Gasteiger partial charge in [-0.05, 0) is 31.9 Å². The van der Waals surface area contributed by atoms with E-state index in [9.17, 15) is 18.5 Å². The van der Waals surface area contributed by atoms with Crippen LogP contribution in [0.5, 0.6) is 0 Å². The Balaban J connectivity index is 1.84. The molecule has 0 aliphatic carbocycles. The Morgan fingerprint density at radius 1 is 1.28 bits per heavy atom. The molecule has 6 nitrogen and oxygen atoms in total. The number of benzene rings is 1. The van der Waals surface area contributed by atoms with Crippen molar-refractivity contribution in [2.75, 3.05) is 13.1 Å². The first-order valence-electron chi connectivity index (χ1n) is 7.89. The van der Waals surface area contributed by atoms with Gasteiger partial charge in [-0.3, -0.25) is 4.79 Å². The minimum Gasteiger partial charge on any atom is -0.292 e. The molecule has 1 saturated heterocycles. The van der Waals surface area contributed by atoms with E-state index in [1.165, 1.54) is 39.9 Å². The van der Waals surface area contributed by atoms with E-state index < -0.39 is 15.9 Å². The molecule has 0 spiro atoms. The maximum atomic E-state index is 12.6. The third-order valence-corrected chi connectivity index (χ3v) is 7.06. The maximum absolute atomic E-state index is 12.6. The molecule has 1 atom stereocenters. The number of rotatable bonds is 5. The summed E-state index contributed by atoms with van der Waals surface area (Å²) < 4.78 is 26.5. The summed E-state index contributed by atoms with van der Waals surface area (Å²) in [6.07, 6.45) is 1.74. The standard InChI is InChI=1S/C17H17N3O3S2/c1-12-11-24-17(19-12)15(10-18)16(21)13-4-6-14(7-5-13)25(22,23)20-8-2-3-9-20/h4-7,11,15H,2-3,8-9H2,1H3/t15-/m0/s1. The van der Waals surface area contributed by atoms with Gasteiger partial charge in [0.25, 0.3) is 0 Å². The van der Waals surface area contributed by atoms with Crippen molar-refractivity contribution in [2.24, 2.45) is 0 Å². The number of aryl methyl sites for hydroxylation is 1. The number of hydrogen-bond acceptors (Lipinski definition) is 6.